The summed E-state index contributed by atoms with van der Waals surface area (Å²) in [7, 11) is -3.70. The number of hydrogen-bond acceptors (Lipinski definition) is 3. The predicted octanol–water partition coefficient (Wildman–Crippen LogP) is 2.49. The summed E-state index contributed by atoms with van der Waals surface area (Å²) in [6.45, 7) is 2.62. The summed E-state index contributed by atoms with van der Waals surface area (Å²) in [6, 6.07) is 4.01. The predicted molar refractivity (Wildman–Crippen MR) is 78.2 cm³/mol. The molecular weight excluding hydrogens is 346 g/mol. The molecule has 7 heteroatoms. The van der Waals surface area contributed by atoms with Gasteiger partial charge in [-0.15, -0.1) is 0 Å². The molecule has 1 heterocycles. The highest BCUT2D eigenvalue weighted by Gasteiger charge is 2.28. The van der Waals surface area contributed by atoms with Crippen molar-refractivity contribution in [2.45, 2.75) is 18.2 Å². The Bertz CT molecular complexity index is 682. The lowest BCUT2D eigenvalue weighted by Crippen LogP contribution is -2.35. The summed E-state index contributed by atoms with van der Waals surface area (Å²) in [5, 5.41) is 8.99. The molecule has 20 heavy (non-hydrogen) atoms. The van der Waals surface area contributed by atoms with E-state index in [2.05, 4.69) is 15.9 Å². The number of halogens is 1. The van der Waals surface area contributed by atoms with Crippen molar-refractivity contribution in [3.05, 3.63) is 39.9 Å². The van der Waals surface area contributed by atoms with Gasteiger partial charge in [-0.05, 0) is 47.5 Å². The SMILES string of the molecule is CC1=CCCN(S(=O)(=O)c2cc(C(=O)O)ccc2Br)C1. The average molecular weight is 360 g/mol. The average Bonchev–Trinajstić information content (AvgIpc) is 2.38. The Morgan fingerprint density at radius 3 is 2.70 bits per heavy atom. The molecule has 0 atom stereocenters. The first-order valence-corrected chi connectivity index (χ1v) is 8.24. The van der Waals surface area contributed by atoms with Crippen molar-refractivity contribution in [2.24, 2.45) is 0 Å². The number of carboxylic acid groups (broad SMARTS) is 1. The summed E-state index contributed by atoms with van der Waals surface area (Å²) in [5.74, 6) is -1.15. The monoisotopic (exact) mass is 359 g/mol. The van der Waals surface area contributed by atoms with Crippen LogP contribution >= 0.6 is 15.9 Å². The van der Waals surface area contributed by atoms with Crippen LogP contribution in [0.5, 0.6) is 0 Å². The van der Waals surface area contributed by atoms with Gasteiger partial charge in [0, 0.05) is 17.6 Å². The first-order chi connectivity index (χ1) is 9.32. The van der Waals surface area contributed by atoms with E-state index >= 15 is 0 Å². The fourth-order valence-electron chi connectivity index (χ4n) is 2.06. The third-order valence-electron chi connectivity index (χ3n) is 3.09. The van der Waals surface area contributed by atoms with E-state index in [-0.39, 0.29) is 10.5 Å². The molecule has 108 valence electrons. The lowest BCUT2D eigenvalue weighted by atomic mass is 10.2. The molecule has 1 N–H and O–H groups in total. The highest BCUT2D eigenvalue weighted by Crippen LogP contribution is 2.28. The van der Waals surface area contributed by atoms with E-state index in [4.69, 9.17) is 5.11 Å². The molecule has 0 bridgehead atoms. The number of sulfonamides is 1. The zero-order chi connectivity index (χ0) is 14.9. The van der Waals surface area contributed by atoms with E-state index < -0.39 is 16.0 Å². The first kappa shape index (κ1) is 15.2. The van der Waals surface area contributed by atoms with Crippen LogP contribution in [0, 0.1) is 0 Å². The number of carboxylic acids is 1. The van der Waals surface area contributed by atoms with Crippen LogP contribution in [0.2, 0.25) is 0 Å². The molecule has 0 fully saturated rings. The zero-order valence-electron chi connectivity index (χ0n) is 10.8. The maximum Gasteiger partial charge on any atom is 0.335 e. The first-order valence-electron chi connectivity index (χ1n) is 6.01. The molecule has 0 aromatic heterocycles. The number of nitrogens with zero attached hydrogens (tertiary/aromatic N) is 1. The molecule has 0 aliphatic carbocycles. The minimum atomic E-state index is -3.70. The van der Waals surface area contributed by atoms with Gasteiger partial charge in [0.2, 0.25) is 10.0 Å². The van der Waals surface area contributed by atoms with Gasteiger partial charge in [-0.2, -0.15) is 4.31 Å². The van der Waals surface area contributed by atoms with Crippen LogP contribution in [0.1, 0.15) is 23.7 Å². The molecule has 0 amide bonds. The number of carbonyl (C=O) groups is 1. The van der Waals surface area contributed by atoms with E-state index in [0.29, 0.717) is 24.0 Å². The van der Waals surface area contributed by atoms with Crippen LogP contribution in [-0.4, -0.2) is 36.9 Å². The molecule has 0 saturated heterocycles. The topological polar surface area (TPSA) is 74.7 Å². The Morgan fingerprint density at radius 1 is 1.40 bits per heavy atom. The van der Waals surface area contributed by atoms with Gasteiger partial charge in [-0.3, -0.25) is 0 Å². The highest BCUT2D eigenvalue weighted by molar-refractivity contribution is 9.10. The molecule has 2 rings (SSSR count). The van der Waals surface area contributed by atoms with Crippen molar-refractivity contribution in [3.63, 3.8) is 0 Å². The Morgan fingerprint density at radius 2 is 2.10 bits per heavy atom. The molecule has 1 aromatic rings. The number of hydrogen-bond donors (Lipinski definition) is 1. The van der Waals surface area contributed by atoms with Crippen LogP contribution < -0.4 is 0 Å². The van der Waals surface area contributed by atoms with Crippen LogP contribution in [0.25, 0.3) is 0 Å². The minimum Gasteiger partial charge on any atom is -0.478 e. The summed E-state index contributed by atoms with van der Waals surface area (Å²) < 4.78 is 26.9. The van der Waals surface area contributed by atoms with E-state index in [0.717, 1.165) is 5.57 Å². The van der Waals surface area contributed by atoms with Gasteiger partial charge in [0.1, 0.15) is 0 Å². The normalized spacial score (nSPS) is 16.8. The number of rotatable bonds is 3. The summed E-state index contributed by atoms with van der Waals surface area (Å²) >= 11 is 3.18. The van der Waals surface area contributed by atoms with Crippen molar-refractivity contribution in [1.82, 2.24) is 4.31 Å². The Labute approximate surface area is 126 Å². The maximum atomic E-state index is 12.6. The molecule has 0 saturated carbocycles. The van der Waals surface area contributed by atoms with Crippen LogP contribution in [0.15, 0.2) is 39.2 Å². The van der Waals surface area contributed by atoms with Gasteiger partial charge in [0.05, 0.1) is 10.5 Å². The van der Waals surface area contributed by atoms with E-state index in [1.807, 2.05) is 13.0 Å². The van der Waals surface area contributed by atoms with Gasteiger partial charge in [0.15, 0.2) is 0 Å². The van der Waals surface area contributed by atoms with E-state index in [9.17, 15) is 13.2 Å². The largest absolute Gasteiger partial charge is 0.478 e. The Balaban J connectivity index is 2.46. The third-order valence-corrected chi connectivity index (χ3v) is 5.93. The fourth-order valence-corrected chi connectivity index (χ4v) is 4.50. The molecule has 0 spiro atoms. The summed E-state index contributed by atoms with van der Waals surface area (Å²) in [5.41, 5.74) is 0.946. The lowest BCUT2D eigenvalue weighted by molar-refractivity contribution is 0.0696. The zero-order valence-corrected chi connectivity index (χ0v) is 13.2. The Hall–Kier alpha value is -1.18. The number of aromatic carboxylic acids is 1. The lowest BCUT2D eigenvalue weighted by Gasteiger charge is -2.26. The van der Waals surface area contributed by atoms with Crippen molar-refractivity contribution in [1.29, 1.82) is 0 Å². The minimum absolute atomic E-state index is 0.00731. The second-order valence-corrected chi connectivity index (χ2v) is 7.39. The smallest absolute Gasteiger partial charge is 0.335 e. The van der Waals surface area contributed by atoms with Crippen LogP contribution in [-0.2, 0) is 10.0 Å². The molecule has 1 aliphatic heterocycles. The highest BCUT2D eigenvalue weighted by atomic mass is 79.9. The molecule has 1 aliphatic rings. The molecule has 0 unspecified atom stereocenters. The van der Waals surface area contributed by atoms with Crippen molar-refractivity contribution in [2.75, 3.05) is 13.1 Å². The maximum absolute atomic E-state index is 12.6. The second-order valence-electron chi connectivity index (χ2n) is 4.63. The van der Waals surface area contributed by atoms with Gasteiger partial charge in [-0.1, -0.05) is 11.6 Å². The standard InChI is InChI=1S/C13H14BrNO4S/c1-9-3-2-6-15(8-9)20(18,19)12-7-10(13(16)17)4-5-11(12)14/h3-5,7H,2,6,8H2,1H3,(H,16,17). The number of benzene rings is 1. The van der Waals surface area contributed by atoms with Gasteiger partial charge >= 0.3 is 5.97 Å². The summed E-state index contributed by atoms with van der Waals surface area (Å²) in [4.78, 5) is 11.0. The van der Waals surface area contributed by atoms with Crippen molar-refractivity contribution in [3.8, 4) is 0 Å². The molecule has 0 radical (unpaired) electrons. The fraction of sp³-hybridized carbons (Fsp3) is 0.308. The third kappa shape index (κ3) is 2.94. The van der Waals surface area contributed by atoms with Gasteiger partial charge in [-0.25, -0.2) is 13.2 Å². The van der Waals surface area contributed by atoms with Crippen LogP contribution in [0.3, 0.4) is 0 Å². The summed E-state index contributed by atoms with van der Waals surface area (Å²) in [6.07, 6.45) is 2.68. The van der Waals surface area contributed by atoms with E-state index in [1.165, 1.54) is 22.5 Å². The molecular formula is C13H14BrNO4S. The second kappa shape index (κ2) is 5.67. The Kier molecular flexibility index (Phi) is 4.31. The van der Waals surface area contributed by atoms with Crippen molar-refractivity contribution < 1.29 is 18.3 Å². The molecule has 1 aromatic carbocycles. The van der Waals surface area contributed by atoms with E-state index in [1.54, 1.807) is 0 Å². The quantitative estimate of drug-likeness (QED) is 0.841. The molecule has 5 nitrogen and oxygen atoms in total. The van der Waals surface area contributed by atoms with Crippen molar-refractivity contribution >= 4 is 31.9 Å². The van der Waals surface area contributed by atoms with Gasteiger partial charge in [0.25, 0.3) is 0 Å². The van der Waals surface area contributed by atoms with Gasteiger partial charge < -0.3 is 5.11 Å². The van der Waals surface area contributed by atoms with Crippen LogP contribution in [0.4, 0.5) is 0 Å².